The number of nitrogens with one attached hydrogen (secondary N) is 1. The average molecular weight is 356 g/mol. The molecule has 1 aliphatic carbocycles. The maximum Gasteiger partial charge on any atom is 0.260 e. The van der Waals surface area contributed by atoms with Gasteiger partial charge in [-0.1, -0.05) is 0 Å². The highest BCUT2D eigenvalue weighted by Crippen LogP contribution is 2.37. The van der Waals surface area contributed by atoms with E-state index in [1.165, 1.54) is 0 Å². The normalized spacial score (nSPS) is 15.2. The van der Waals surface area contributed by atoms with E-state index in [2.05, 4.69) is 21.2 Å². The molecule has 1 amide bonds. The molecule has 1 atom stereocenters. The average Bonchev–Trinajstić information content (AvgIpc) is 3.26. The van der Waals surface area contributed by atoms with E-state index >= 15 is 0 Å². The van der Waals surface area contributed by atoms with Gasteiger partial charge in [0.1, 0.15) is 6.29 Å². The second-order valence-electron chi connectivity index (χ2n) is 4.92. The molecule has 0 spiro atoms. The molecule has 6 heteroatoms. The van der Waals surface area contributed by atoms with Gasteiger partial charge in [0.25, 0.3) is 5.91 Å². The SMILES string of the molecule is CCOc1cc(C=O)cc(Br)c1OC(C)C(=O)NC1CC1. The standard InChI is InChI=1S/C15H18BrNO4/c1-3-20-13-7-10(8-18)6-12(16)14(13)21-9(2)15(19)17-11-4-5-11/h6-9,11H,3-5H2,1-2H3,(H,17,19). The molecule has 1 saturated carbocycles. The third-order valence-electron chi connectivity index (χ3n) is 3.06. The number of hydrogen-bond donors (Lipinski definition) is 1. The summed E-state index contributed by atoms with van der Waals surface area (Å²) in [6.07, 6.45) is 2.16. The molecule has 0 radical (unpaired) electrons. The van der Waals surface area contributed by atoms with Crippen molar-refractivity contribution in [1.82, 2.24) is 5.32 Å². The molecule has 1 aliphatic rings. The molecule has 1 N–H and O–H groups in total. The van der Waals surface area contributed by atoms with E-state index in [1.54, 1.807) is 19.1 Å². The van der Waals surface area contributed by atoms with Gasteiger partial charge in [-0.05, 0) is 54.8 Å². The molecule has 0 heterocycles. The Hall–Kier alpha value is -1.56. The Labute approximate surface area is 132 Å². The summed E-state index contributed by atoms with van der Waals surface area (Å²) in [4.78, 5) is 22.9. The van der Waals surface area contributed by atoms with Gasteiger partial charge in [-0.3, -0.25) is 9.59 Å². The van der Waals surface area contributed by atoms with Crippen LogP contribution in [0.3, 0.4) is 0 Å². The molecule has 2 rings (SSSR count). The number of halogens is 1. The van der Waals surface area contributed by atoms with Crippen molar-refractivity contribution < 1.29 is 19.1 Å². The van der Waals surface area contributed by atoms with E-state index in [0.29, 0.717) is 28.1 Å². The first-order valence-electron chi connectivity index (χ1n) is 6.93. The summed E-state index contributed by atoms with van der Waals surface area (Å²) in [5.74, 6) is 0.729. The zero-order chi connectivity index (χ0) is 15.4. The molecule has 1 aromatic rings. The number of aldehydes is 1. The lowest BCUT2D eigenvalue weighted by atomic mass is 10.2. The molecule has 114 valence electrons. The zero-order valence-electron chi connectivity index (χ0n) is 12.0. The largest absolute Gasteiger partial charge is 0.490 e. The topological polar surface area (TPSA) is 64.6 Å². The minimum absolute atomic E-state index is 0.147. The van der Waals surface area contributed by atoms with Crippen LogP contribution in [0.15, 0.2) is 16.6 Å². The number of carbonyl (C=O) groups excluding carboxylic acids is 2. The van der Waals surface area contributed by atoms with Gasteiger partial charge in [0.15, 0.2) is 17.6 Å². The van der Waals surface area contributed by atoms with Crippen LogP contribution in [-0.4, -0.2) is 30.9 Å². The van der Waals surface area contributed by atoms with Crippen molar-refractivity contribution in [3.63, 3.8) is 0 Å². The highest BCUT2D eigenvalue weighted by atomic mass is 79.9. The van der Waals surface area contributed by atoms with Crippen molar-refractivity contribution in [3.05, 3.63) is 22.2 Å². The Balaban J connectivity index is 2.16. The van der Waals surface area contributed by atoms with Crippen molar-refractivity contribution in [2.75, 3.05) is 6.61 Å². The maximum atomic E-state index is 12.0. The first-order valence-corrected chi connectivity index (χ1v) is 7.73. The van der Waals surface area contributed by atoms with E-state index < -0.39 is 6.10 Å². The molecule has 0 aromatic heterocycles. The smallest absolute Gasteiger partial charge is 0.260 e. The summed E-state index contributed by atoms with van der Waals surface area (Å²) in [7, 11) is 0. The van der Waals surface area contributed by atoms with Crippen LogP contribution >= 0.6 is 15.9 Å². The first kappa shape index (κ1) is 15.8. The summed E-state index contributed by atoms with van der Waals surface area (Å²) >= 11 is 3.35. The molecule has 1 aromatic carbocycles. The van der Waals surface area contributed by atoms with Crippen LogP contribution in [0.2, 0.25) is 0 Å². The predicted octanol–water partition coefficient (Wildman–Crippen LogP) is 2.71. The summed E-state index contributed by atoms with van der Waals surface area (Å²) in [5.41, 5.74) is 0.479. The second-order valence-corrected chi connectivity index (χ2v) is 5.78. The third-order valence-corrected chi connectivity index (χ3v) is 3.64. The molecule has 0 saturated heterocycles. The van der Waals surface area contributed by atoms with Crippen LogP contribution in [-0.2, 0) is 4.79 Å². The van der Waals surface area contributed by atoms with E-state index in [0.717, 1.165) is 19.1 Å². The molecule has 5 nitrogen and oxygen atoms in total. The number of benzene rings is 1. The molecule has 0 bridgehead atoms. The van der Waals surface area contributed by atoms with Gasteiger partial charge in [-0.25, -0.2) is 0 Å². The quantitative estimate of drug-likeness (QED) is 0.763. The van der Waals surface area contributed by atoms with Gasteiger partial charge in [-0.15, -0.1) is 0 Å². The van der Waals surface area contributed by atoms with E-state index in [-0.39, 0.29) is 11.9 Å². The molecule has 0 aliphatic heterocycles. The summed E-state index contributed by atoms with van der Waals surface area (Å²) in [5, 5.41) is 2.89. The molecular weight excluding hydrogens is 338 g/mol. The molecule has 21 heavy (non-hydrogen) atoms. The van der Waals surface area contributed by atoms with Crippen molar-refractivity contribution in [1.29, 1.82) is 0 Å². The van der Waals surface area contributed by atoms with Crippen molar-refractivity contribution in [2.24, 2.45) is 0 Å². The number of amides is 1. The van der Waals surface area contributed by atoms with Crippen molar-refractivity contribution >= 4 is 28.1 Å². The van der Waals surface area contributed by atoms with Gasteiger partial charge in [-0.2, -0.15) is 0 Å². The number of hydrogen-bond acceptors (Lipinski definition) is 4. The van der Waals surface area contributed by atoms with E-state index in [4.69, 9.17) is 9.47 Å². The van der Waals surface area contributed by atoms with Crippen molar-refractivity contribution in [2.45, 2.75) is 38.8 Å². The van der Waals surface area contributed by atoms with Gasteiger partial charge >= 0.3 is 0 Å². The molecule has 1 fully saturated rings. The Morgan fingerprint density at radius 3 is 2.81 bits per heavy atom. The number of ether oxygens (including phenoxy) is 2. The fraction of sp³-hybridized carbons (Fsp3) is 0.467. The minimum Gasteiger partial charge on any atom is -0.490 e. The molecule has 1 unspecified atom stereocenters. The van der Waals surface area contributed by atoms with Gasteiger partial charge in [0, 0.05) is 11.6 Å². The number of rotatable bonds is 7. The summed E-state index contributed by atoms with van der Waals surface area (Å²) in [6.45, 7) is 3.97. The molecular formula is C15H18BrNO4. The fourth-order valence-corrected chi connectivity index (χ4v) is 2.36. The highest BCUT2D eigenvalue weighted by Gasteiger charge is 2.27. The Kier molecular flexibility index (Phi) is 5.22. The Morgan fingerprint density at radius 1 is 1.52 bits per heavy atom. The minimum atomic E-state index is -0.636. The lowest BCUT2D eigenvalue weighted by molar-refractivity contribution is -0.127. The second kappa shape index (κ2) is 6.93. The first-order chi connectivity index (χ1) is 10.0. The van der Waals surface area contributed by atoms with Crippen LogP contribution in [0.1, 0.15) is 37.0 Å². The van der Waals surface area contributed by atoms with Crippen LogP contribution in [0.25, 0.3) is 0 Å². The van der Waals surface area contributed by atoms with Gasteiger partial charge < -0.3 is 14.8 Å². The summed E-state index contributed by atoms with van der Waals surface area (Å²) < 4.78 is 11.8. The van der Waals surface area contributed by atoms with Crippen LogP contribution in [0.4, 0.5) is 0 Å². The predicted molar refractivity (Wildman–Crippen MR) is 82.0 cm³/mol. The van der Waals surface area contributed by atoms with E-state index in [1.807, 2.05) is 6.92 Å². The Morgan fingerprint density at radius 2 is 2.24 bits per heavy atom. The monoisotopic (exact) mass is 355 g/mol. The summed E-state index contributed by atoms with van der Waals surface area (Å²) in [6, 6.07) is 3.52. The van der Waals surface area contributed by atoms with Gasteiger partial charge in [0.05, 0.1) is 11.1 Å². The highest BCUT2D eigenvalue weighted by molar-refractivity contribution is 9.10. The lowest BCUT2D eigenvalue weighted by Gasteiger charge is -2.18. The van der Waals surface area contributed by atoms with E-state index in [9.17, 15) is 9.59 Å². The van der Waals surface area contributed by atoms with Crippen LogP contribution in [0, 0.1) is 0 Å². The Bertz CT molecular complexity index is 543. The van der Waals surface area contributed by atoms with Crippen molar-refractivity contribution in [3.8, 4) is 11.5 Å². The third kappa shape index (κ3) is 4.20. The van der Waals surface area contributed by atoms with Gasteiger partial charge in [0.2, 0.25) is 0 Å². The maximum absolute atomic E-state index is 12.0. The lowest BCUT2D eigenvalue weighted by Crippen LogP contribution is -2.37. The zero-order valence-corrected chi connectivity index (χ0v) is 13.6. The number of carbonyl (C=O) groups is 2. The van der Waals surface area contributed by atoms with Crippen LogP contribution < -0.4 is 14.8 Å². The van der Waals surface area contributed by atoms with Crippen LogP contribution in [0.5, 0.6) is 11.5 Å². The fourth-order valence-electron chi connectivity index (χ4n) is 1.81.